The predicted molar refractivity (Wildman–Crippen MR) is 68.3 cm³/mol. The molecule has 0 saturated heterocycles. The number of hydrogen-bond donors (Lipinski definition) is 2. The number of rotatable bonds is 4. The molecule has 1 atom stereocenters. The van der Waals surface area contributed by atoms with Crippen LogP contribution in [-0.4, -0.2) is 25.2 Å². The van der Waals surface area contributed by atoms with Crippen molar-refractivity contribution in [2.75, 3.05) is 12.4 Å². The Morgan fingerprint density at radius 2 is 2.00 bits per heavy atom. The first-order valence-electron chi connectivity index (χ1n) is 5.89. The van der Waals surface area contributed by atoms with Crippen LogP contribution in [0.25, 0.3) is 0 Å². The maximum Gasteiger partial charge on any atom is 0.391 e. The minimum Gasteiger partial charge on any atom is -0.388 e. The molecule has 3 nitrogen and oxygen atoms in total. The highest BCUT2D eigenvalue weighted by Gasteiger charge is 2.30. The van der Waals surface area contributed by atoms with Gasteiger partial charge in [0.1, 0.15) is 0 Å². The van der Waals surface area contributed by atoms with E-state index in [4.69, 9.17) is 0 Å². The lowest BCUT2D eigenvalue weighted by Gasteiger charge is -2.16. The smallest absolute Gasteiger partial charge is 0.388 e. The first-order valence-corrected chi connectivity index (χ1v) is 5.89. The molecule has 0 aliphatic carbocycles. The van der Waals surface area contributed by atoms with Crippen molar-refractivity contribution in [2.45, 2.75) is 32.5 Å². The third-order valence-electron chi connectivity index (χ3n) is 2.67. The monoisotopic (exact) mass is 274 g/mol. The van der Waals surface area contributed by atoms with Crippen molar-refractivity contribution in [2.24, 2.45) is 0 Å². The fraction of sp³-hybridized carbons (Fsp3) is 0.462. The first-order chi connectivity index (χ1) is 8.73. The molecular formula is C13H17F3N2O. The first kappa shape index (κ1) is 15.3. The Labute approximate surface area is 110 Å². The molecule has 0 heterocycles. The summed E-state index contributed by atoms with van der Waals surface area (Å²) in [6, 6.07) is 4.12. The van der Waals surface area contributed by atoms with E-state index >= 15 is 0 Å². The molecule has 0 aliphatic heterocycles. The van der Waals surface area contributed by atoms with E-state index in [1.807, 2.05) is 0 Å². The molecule has 1 aromatic carbocycles. The molecule has 0 bridgehead atoms. The second-order valence-electron chi connectivity index (χ2n) is 4.47. The summed E-state index contributed by atoms with van der Waals surface area (Å²) in [5.41, 5.74) is 1.94. The van der Waals surface area contributed by atoms with Crippen LogP contribution in [0.2, 0.25) is 0 Å². The average molecular weight is 274 g/mol. The largest absolute Gasteiger partial charge is 0.391 e. The lowest BCUT2D eigenvalue weighted by molar-refractivity contribution is -0.138. The van der Waals surface area contributed by atoms with Gasteiger partial charge < -0.3 is 10.6 Å². The highest BCUT2D eigenvalue weighted by Crippen LogP contribution is 2.22. The summed E-state index contributed by atoms with van der Waals surface area (Å²) >= 11 is 0. The summed E-state index contributed by atoms with van der Waals surface area (Å²) in [6.07, 6.45) is -5.32. The molecule has 1 unspecified atom stereocenters. The summed E-state index contributed by atoms with van der Waals surface area (Å²) in [5, 5.41) is 5.28. The second-order valence-corrected chi connectivity index (χ2v) is 4.47. The Kier molecular flexibility index (Phi) is 4.80. The minimum atomic E-state index is -4.28. The van der Waals surface area contributed by atoms with Gasteiger partial charge in [-0.05, 0) is 37.6 Å². The van der Waals surface area contributed by atoms with E-state index in [2.05, 4.69) is 10.6 Å². The number of aryl methyl sites for hydroxylation is 1. The summed E-state index contributed by atoms with van der Waals surface area (Å²) < 4.78 is 36.5. The molecule has 0 spiro atoms. The Hall–Kier alpha value is -1.72. The van der Waals surface area contributed by atoms with Crippen molar-refractivity contribution in [3.63, 3.8) is 0 Å². The maximum atomic E-state index is 12.2. The zero-order valence-corrected chi connectivity index (χ0v) is 11.1. The SMILES string of the molecule is CNc1ccc(C(=O)NC(C)CC(F)(F)F)c(C)c1. The van der Waals surface area contributed by atoms with E-state index in [0.717, 1.165) is 5.69 Å². The van der Waals surface area contributed by atoms with Gasteiger partial charge in [0.05, 0.1) is 6.42 Å². The zero-order valence-electron chi connectivity index (χ0n) is 11.1. The highest BCUT2D eigenvalue weighted by molar-refractivity contribution is 5.96. The molecule has 1 rings (SSSR count). The van der Waals surface area contributed by atoms with Crippen molar-refractivity contribution in [3.05, 3.63) is 29.3 Å². The molecular weight excluding hydrogens is 257 g/mol. The van der Waals surface area contributed by atoms with Gasteiger partial charge in [0.2, 0.25) is 0 Å². The fourth-order valence-corrected chi connectivity index (χ4v) is 1.77. The van der Waals surface area contributed by atoms with Gasteiger partial charge in [-0.25, -0.2) is 0 Å². The number of amides is 1. The van der Waals surface area contributed by atoms with Crippen LogP contribution in [-0.2, 0) is 0 Å². The van der Waals surface area contributed by atoms with Crippen LogP contribution in [0.5, 0.6) is 0 Å². The number of benzene rings is 1. The van der Waals surface area contributed by atoms with Gasteiger partial charge in [-0.15, -0.1) is 0 Å². The van der Waals surface area contributed by atoms with Crippen LogP contribution < -0.4 is 10.6 Å². The van der Waals surface area contributed by atoms with Crippen LogP contribution in [0.1, 0.15) is 29.3 Å². The Morgan fingerprint density at radius 3 is 2.47 bits per heavy atom. The van der Waals surface area contributed by atoms with Crippen molar-refractivity contribution in [1.29, 1.82) is 0 Å². The molecule has 106 valence electrons. The number of halogens is 3. The molecule has 0 radical (unpaired) electrons. The number of nitrogens with one attached hydrogen (secondary N) is 2. The molecule has 0 aliphatic rings. The third-order valence-corrected chi connectivity index (χ3v) is 2.67. The number of alkyl halides is 3. The van der Waals surface area contributed by atoms with Crippen molar-refractivity contribution in [1.82, 2.24) is 5.32 Å². The standard InChI is InChI=1S/C13H17F3N2O/c1-8-6-10(17-3)4-5-11(8)12(19)18-9(2)7-13(14,15)16/h4-6,9,17H,7H2,1-3H3,(H,18,19). The van der Waals surface area contributed by atoms with Gasteiger partial charge in [-0.1, -0.05) is 0 Å². The van der Waals surface area contributed by atoms with E-state index in [-0.39, 0.29) is 0 Å². The number of anilines is 1. The van der Waals surface area contributed by atoms with Crippen molar-refractivity contribution in [3.8, 4) is 0 Å². The molecule has 0 saturated carbocycles. The summed E-state index contributed by atoms with van der Waals surface area (Å²) in [7, 11) is 1.75. The van der Waals surface area contributed by atoms with Crippen molar-refractivity contribution >= 4 is 11.6 Å². The quantitative estimate of drug-likeness (QED) is 0.885. The summed E-state index contributed by atoms with van der Waals surface area (Å²) in [6.45, 7) is 3.08. The Morgan fingerprint density at radius 1 is 1.37 bits per heavy atom. The molecule has 1 amide bonds. The normalized spacial score (nSPS) is 12.9. The summed E-state index contributed by atoms with van der Waals surface area (Å²) in [5.74, 6) is -0.489. The van der Waals surface area contributed by atoms with Gasteiger partial charge in [0.25, 0.3) is 5.91 Å². The van der Waals surface area contributed by atoms with Crippen LogP contribution in [0.15, 0.2) is 18.2 Å². The minimum absolute atomic E-state index is 0.382. The van der Waals surface area contributed by atoms with E-state index in [1.165, 1.54) is 6.92 Å². The van der Waals surface area contributed by atoms with Gasteiger partial charge in [0.15, 0.2) is 0 Å². The predicted octanol–water partition coefficient (Wildman–Crippen LogP) is 3.11. The third kappa shape index (κ3) is 4.81. The molecule has 2 N–H and O–H groups in total. The van der Waals surface area contributed by atoms with E-state index in [9.17, 15) is 18.0 Å². The lowest BCUT2D eigenvalue weighted by atomic mass is 10.1. The van der Waals surface area contributed by atoms with E-state index in [0.29, 0.717) is 11.1 Å². The van der Waals surface area contributed by atoms with Gasteiger partial charge in [-0.2, -0.15) is 13.2 Å². The molecule has 6 heteroatoms. The van der Waals surface area contributed by atoms with Crippen LogP contribution in [0.4, 0.5) is 18.9 Å². The fourth-order valence-electron chi connectivity index (χ4n) is 1.77. The molecule has 0 aromatic heterocycles. The van der Waals surface area contributed by atoms with E-state index < -0.39 is 24.5 Å². The maximum absolute atomic E-state index is 12.2. The number of carbonyl (C=O) groups is 1. The van der Waals surface area contributed by atoms with Crippen molar-refractivity contribution < 1.29 is 18.0 Å². The van der Waals surface area contributed by atoms with Gasteiger partial charge in [-0.3, -0.25) is 4.79 Å². The van der Waals surface area contributed by atoms with Crippen LogP contribution >= 0.6 is 0 Å². The average Bonchev–Trinajstić information content (AvgIpc) is 2.25. The topological polar surface area (TPSA) is 41.1 Å². The van der Waals surface area contributed by atoms with E-state index in [1.54, 1.807) is 32.2 Å². The van der Waals surface area contributed by atoms with Gasteiger partial charge >= 0.3 is 6.18 Å². The van der Waals surface area contributed by atoms with Crippen LogP contribution in [0.3, 0.4) is 0 Å². The Balaban J connectivity index is 2.73. The van der Waals surface area contributed by atoms with Crippen LogP contribution in [0, 0.1) is 6.92 Å². The number of hydrogen-bond acceptors (Lipinski definition) is 2. The summed E-state index contributed by atoms with van der Waals surface area (Å²) in [4.78, 5) is 11.9. The molecule has 1 aromatic rings. The molecule has 0 fully saturated rings. The highest BCUT2D eigenvalue weighted by atomic mass is 19.4. The molecule has 19 heavy (non-hydrogen) atoms. The van der Waals surface area contributed by atoms with Gasteiger partial charge in [0, 0.05) is 24.3 Å². The number of carbonyl (C=O) groups excluding carboxylic acids is 1. The lowest BCUT2D eigenvalue weighted by Crippen LogP contribution is -2.36. The zero-order chi connectivity index (χ0) is 14.6. The second kappa shape index (κ2) is 5.95. The Bertz CT molecular complexity index is 458.